The van der Waals surface area contributed by atoms with Gasteiger partial charge in [0.25, 0.3) is 5.91 Å². The van der Waals surface area contributed by atoms with E-state index in [2.05, 4.69) is 14.9 Å². The molecule has 0 bridgehead atoms. The van der Waals surface area contributed by atoms with Gasteiger partial charge in [-0.05, 0) is 63.0 Å². The smallest absolute Gasteiger partial charge is 0.280 e. The van der Waals surface area contributed by atoms with Gasteiger partial charge < -0.3 is 5.32 Å². The Kier molecular flexibility index (Phi) is 6.53. The number of hydrogen-bond acceptors (Lipinski definition) is 5. The van der Waals surface area contributed by atoms with E-state index in [1.165, 1.54) is 4.90 Å². The number of anilines is 1. The highest BCUT2D eigenvalue weighted by molar-refractivity contribution is 7.03. The average molecular weight is 443 g/mol. The first-order valence-corrected chi connectivity index (χ1v) is 10.6. The van der Waals surface area contributed by atoms with Crippen LogP contribution in [0.3, 0.4) is 0 Å². The van der Waals surface area contributed by atoms with Crippen LogP contribution in [0.15, 0.2) is 53.9 Å². The summed E-state index contributed by atoms with van der Waals surface area (Å²) in [7, 11) is 0. The van der Waals surface area contributed by atoms with E-state index < -0.39 is 17.5 Å². The summed E-state index contributed by atoms with van der Waals surface area (Å²) in [6, 6.07) is 13.5. The predicted molar refractivity (Wildman–Crippen MR) is 120 cm³/mol. The monoisotopic (exact) mass is 442 g/mol. The lowest BCUT2D eigenvalue weighted by Gasteiger charge is -2.33. The molecular weight excluding hydrogens is 420 g/mol. The number of halogens is 1. The van der Waals surface area contributed by atoms with Crippen molar-refractivity contribution in [1.82, 2.24) is 14.9 Å². The number of nitrogens with zero attached hydrogens (tertiary/aromatic N) is 3. The van der Waals surface area contributed by atoms with Gasteiger partial charge >= 0.3 is 0 Å². The summed E-state index contributed by atoms with van der Waals surface area (Å²) < 4.78 is 3.80. The largest absolute Gasteiger partial charge is 0.349 e. The van der Waals surface area contributed by atoms with E-state index in [0.717, 1.165) is 17.1 Å². The highest BCUT2D eigenvalue weighted by Gasteiger charge is 2.35. The lowest BCUT2D eigenvalue weighted by atomic mass is 9.99. The van der Waals surface area contributed by atoms with Crippen LogP contribution in [0, 0.1) is 6.92 Å². The van der Waals surface area contributed by atoms with Gasteiger partial charge in [-0.25, -0.2) is 0 Å². The van der Waals surface area contributed by atoms with Gasteiger partial charge in [-0.3, -0.25) is 14.5 Å². The zero-order valence-electron chi connectivity index (χ0n) is 17.2. The normalized spacial score (nSPS) is 12.3. The van der Waals surface area contributed by atoms with Crippen molar-refractivity contribution in [3.8, 4) is 0 Å². The standard InChI is InChI=1S/C22H23ClN4O2S/c1-14-7-5-8-15(11-14)19(20(28)24-22(2,3)4)27(17-10-6-9-16(23)12-17)21(29)18-13-30-26-25-18/h5-13,19H,1-4H3,(H,24,28)/t19-/m1/s1. The number of rotatable bonds is 5. The SMILES string of the molecule is Cc1cccc([C@H](C(=O)NC(C)(C)C)N(C(=O)c2csnn2)c2cccc(Cl)c2)c1. The van der Waals surface area contributed by atoms with Crippen molar-refractivity contribution in [2.75, 3.05) is 4.90 Å². The van der Waals surface area contributed by atoms with Crippen molar-refractivity contribution >= 4 is 40.6 Å². The third kappa shape index (κ3) is 5.23. The lowest BCUT2D eigenvalue weighted by Crippen LogP contribution is -2.49. The van der Waals surface area contributed by atoms with Crippen LogP contribution >= 0.6 is 23.1 Å². The second-order valence-corrected chi connectivity index (χ2v) is 9.05. The summed E-state index contributed by atoms with van der Waals surface area (Å²) in [6.45, 7) is 7.63. The maximum absolute atomic E-state index is 13.5. The van der Waals surface area contributed by atoms with E-state index in [4.69, 9.17) is 11.6 Å². The Balaban J connectivity index is 2.19. The van der Waals surface area contributed by atoms with E-state index in [0.29, 0.717) is 16.3 Å². The fraction of sp³-hybridized carbons (Fsp3) is 0.273. The molecule has 0 saturated carbocycles. The number of carbonyl (C=O) groups excluding carboxylic acids is 2. The minimum atomic E-state index is -0.920. The molecule has 8 heteroatoms. The maximum Gasteiger partial charge on any atom is 0.280 e. The van der Waals surface area contributed by atoms with Gasteiger partial charge in [0.15, 0.2) is 5.69 Å². The predicted octanol–water partition coefficient (Wildman–Crippen LogP) is 4.80. The van der Waals surface area contributed by atoms with Crippen LogP contribution in [-0.2, 0) is 4.79 Å². The first-order chi connectivity index (χ1) is 14.2. The maximum atomic E-state index is 13.5. The van der Waals surface area contributed by atoms with E-state index in [1.807, 2.05) is 52.0 Å². The molecule has 1 atom stereocenters. The van der Waals surface area contributed by atoms with Crippen molar-refractivity contribution in [1.29, 1.82) is 0 Å². The molecule has 0 aliphatic carbocycles. The van der Waals surface area contributed by atoms with Crippen LogP contribution in [0.4, 0.5) is 5.69 Å². The molecule has 3 aromatic rings. The van der Waals surface area contributed by atoms with Crippen LogP contribution in [0.25, 0.3) is 0 Å². The molecule has 0 saturated heterocycles. The summed E-state index contributed by atoms with van der Waals surface area (Å²) in [6.07, 6.45) is 0. The fourth-order valence-corrected chi connectivity index (χ4v) is 3.70. The zero-order valence-corrected chi connectivity index (χ0v) is 18.8. The quantitative estimate of drug-likeness (QED) is 0.615. The van der Waals surface area contributed by atoms with Gasteiger partial charge in [-0.15, -0.1) is 5.10 Å². The Morgan fingerprint density at radius 3 is 2.47 bits per heavy atom. The summed E-state index contributed by atoms with van der Waals surface area (Å²) in [4.78, 5) is 28.4. The van der Waals surface area contributed by atoms with Gasteiger partial charge in [-0.2, -0.15) is 0 Å². The number of benzene rings is 2. The molecule has 1 aromatic heterocycles. The number of amides is 2. The molecule has 1 heterocycles. The lowest BCUT2D eigenvalue weighted by molar-refractivity contribution is -0.123. The molecule has 0 radical (unpaired) electrons. The van der Waals surface area contributed by atoms with E-state index in [-0.39, 0.29) is 11.6 Å². The number of aryl methyl sites for hydroxylation is 1. The van der Waals surface area contributed by atoms with Gasteiger partial charge in [0.2, 0.25) is 5.91 Å². The third-order valence-electron chi connectivity index (χ3n) is 4.25. The number of carbonyl (C=O) groups is 2. The molecule has 0 aliphatic heterocycles. The van der Waals surface area contributed by atoms with Crippen LogP contribution in [0.2, 0.25) is 5.02 Å². The minimum Gasteiger partial charge on any atom is -0.349 e. The van der Waals surface area contributed by atoms with Crippen molar-refractivity contribution in [3.05, 3.63) is 75.8 Å². The molecule has 2 amide bonds. The molecule has 0 spiro atoms. The molecule has 0 unspecified atom stereocenters. The minimum absolute atomic E-state index is 0.168. The zero-order chi connectivity index (χ0) is 21.9. The van der Waals surface area contributed by atoms with E-state index >= 15 is 0 Å². The topological polar surface area (TPSA) is 75.2 Å². The molecule has 0 aliphatic rings. The van der Waals surface area contributed by atoms with Crippen LogP contribution in [0.1, 0.15) is 48.4 Å². The summed E-state index contributed by atoms with van der Waals surface area (Å²) in [5, 5.41) is 8.95. The van der Waals surface area contributed by atoms with Crippen molar-refractivity contribution in [2.45, 2.75) is 39.3 Å². The second-order valence-electron chi connectivity index (χ2n) is 8.00. The Hall–Kier alpha value is -2.77. The first-order valence-electron chi connectivity index (χ1n) is 9.40. The molecule has 3 rings (SSSR count). The summed E-state index contributed by atoms with van der Waals surface area (Å²) in [5.74, 6) is -0.730. The molecule has 6 nitrogen and oxygen atoms in total. The van der Waals surface area contributed by atoms with Crippen LogP contribution < -0.4 is 10.2 Å². The van der Waals surface area contributed by atoms with Crippen molar-refractivity contribution in [2.24, 2.45) is 0 Å². The van der Waals surface area contributed by atoms with Gasteiger partial charge in [0.05, 0.1) is 0 Å². The van der Waals surface area contributed by atoms with E-state index in [1.54, 1.807) is 29.6 Å². The summed E-state index contributed by atoms with van der Waals surface area (Å²) in [5.41, 5.74) is 1.85. The summed E-state index contributed by atoms with van der Waals surface area (Å²) >= 11 is 7.29. The molecule has 1 N–H and O–H groups in total. The number of aromatic nitrogens is 2. The molecule has 0 fully saturated rings. The van der Waals surface area contributed by atoms with Crippen molar-refractivity contribution in [3.63, 3.8) is 0 Å². The Bertz CT molecular complexity index is 1050. The van der Waals surface area contributed by atoms with E-state index in [9.17, 15) is 9.59 Å². The first kappa shape index (κ1) is 21.9. The Morgan fingerprint density at radius 2 is 1.87 bits per heavy atom. The molecular formula is C22H23ClN4O2S. The van der Waals surface area contributed by atoms with Gasteiger partial charge in [0.1, 0.15) is 6.04 Å². The molecule has 2 aromatic carbocycles. The van der Waals surface area contributed by atoms with Crippen molar-refractivity contribution < 1.29 is 9.59 Å². The highest BCUT2D eigenvalue weighted by atomic mass is 35.5. The molecule has 30 heavy (non-hydrogen) atoms. The van der Waals surface area contributed by atoms with Crippen LogP contribution in [-0.4, -0.2) is 26.9 Å². The Morgan fingerprint density at radius 1 is 1.13 bits per heavy atom. The fourth-order valence-electron chi connectivity index (χ4n) is 3.09. The van der Waals surface area contributed by atoms with Gasteiger partial charge in [-0.1, -0.05) is 52.0 Å². The Labute approximate surface area is 185 Å². The average Bonchev–Trinajstić information content (AvgIpc) is 3.18. The second kappa shape index (κ2) is 8.93. The highest BCUT2D eigenvalue weighted by Crippen LogP contribution is 2.32. The number of nitrogens with one attached hydrogen (secondary N) is 1. The third-order valence-corrected chi connectivity index (χ3v) is 4.99. The van der Waals surface area contributed by atoms with Crippen LogP contribution in [0.5, 0.6) is 0 Å². The van der Waals surface area contributed by atoms with Gasteiger partial charge in [0, 0.05) is 21.6 Å². The molecule has 156 valence electrons. The number of hydrogen-bond donors (Lipinski definition) is 1.